The molecule has 0 bridgehead atoms. The molecule has 0 saturated heterocycles. The van der Waals surface area contributed by atoms with Gasteiger partial charge in [-0.3, -0.25) is 0 Å². The zero-order valence-electron chi connectivity index (χ0n) is 7.52. The van der Waals surface area contributed by atoms with Gasteiger partial charge in [-0.2, -0.15) is 0 Å². The molecule has 0 aliphatic heterocycles. The van der Waals surface area contributed by atoms with Crippen LogP contribution in [0.5, 0.6) is 0 Å². The van der Waals surface area contributed by atoms with Crippen molar-refractivity contribution in [1.29, 1.82) is 0 Å². The van der Waals surface area contributed by atoms with Crippen LogP contribution < -0.4 is 5.32 Å². The van der Waals surface area contributed by atoms with Crippen LogP contribution >= 0.6 is 0 Å². The second-order valence-corrected chi connectivity index (χ2v) is 2.89. The number of hydrogen-bond donors (Lipinski definition) is 1. The van der Waals surface area contributed by atoms with Crippen molar-refractivity contribution in [2.24, 2.45) is 0 Å². The number of hydrogen-bond acceptors (Lipinski definition) is 1. The molecule has 0 aliphatic carbocycles. The molecule has 2 heteroatoms. The third-order valence-corrected chi connectivity index (χ3v) is 1.75. The fourth-order valence-electron chi connectivity index (χ4n) is 0.972. The van der Waals surface area contributed by atoms with E-state index in [2.05, 4.69) is 12.2 Å². The number of anilines is 1. The molecule has 0 amide bonds. The molecule has 0 aromatic heterocycles. The molecule has 0 fully saturated rings. The average molecular weight is 167 g/mol. The number of aryl methyl sites for hydroxylation is 1. The Morgan fingerprint density at radius 3 is 2.75 bits per heavy atom. The fraction of sp³-hybridized carbons (Fsp3) is 0.400. The zero-order chi connectivity index (χ0) is 8.97. The minimum absolute atomic E-state index is 0.142. The lowest BCUT2D eigenvalue weighted by molar-refractivity contribution is 0.619. The first-order valence-electron chi connectivity index (χ1n) is 4.24. The molecule has 0 atom stereocenters. The molecule has 1 N–H and O–H groups in total. The van der Waals surface area contributed by atoms with E-state index in [1.807, 2.05) is 6.07 Å². The van der Waals surface area contributed by atoms with Gasteiger partial charge in [-0.05, 0) is 31.0 Å². The smallest absolute Gasteiger partial charge is 0.128 e. The van der Waals surface area contributed by atoms with E-state index in [0.717, 1.165) is 18.7 Å². The Labute approximate surface area is 72.6 Å². The molecule has 0 unspecified atom stereocenters. The van der Waals surface area contributed by atoms with Gasteiger partial charge in [0.1, 0.15) is 5.82 Å². The Balaban J connectivity index is 2.69. The third kappa shape index (κ3) is 2.22. The minimum Gasteiger partial charge on any atom is -0.385 e. The summed E-state index contributed by atoms with van der Waals surface area (Å²) in [7, 11) is 0. The Morgan fingerprint density at radius 1 is 1.42 bits per heavy atom. The predicted octanol–water partition coefficient (Wildman–Crippen LogP) is 2.96. The molecule has 1 rings (SSSR count). The highest BCUT2D eigenvalue weighted by Gasteiger charge is 1.97. The zero-order valence-corrected chi connectivity index (χ0v) is 7.52. The van der Waals surface area contributed by atoms with Crippen molar-refractivity contribution in [3.05, 3.63) is 29.6 Å². The van der Waals surface area contributed by atoms with Gasteiger partial charge < -0.3 is 5.32 Å². The Morgan fingerprint density at radius 2 is 2.17 bits per heavy atom. The van der Waals surface area contributed by atoms with Gasteiger partial charge in [0.15, 0.2) is 0 Å². The molecule has 1 aromatic rings. The van der Waals surface area contributed by atoms with Crippen molar-refractivity contribution in [2.45, 2.75) is 20.3 Å². The fourth-order valence-corrected chi connectivity index (χ4v) is 0.972. The molecule has 66 valence electrons. The molecule has 0 saturated carbocycles. The largest absolute Gasteiger partial charge is 0.385 e. The van der Waals surface area contributed by atoms with Crippen molar-refractivity contribution in [3.8, 4) is 0 Å². The minimum atomic E-state index is -0.142. The summed E-state index contributed by atoms with van der Waals surface area (Å²) in [5, 5.41) is 3.12. The molecule has 0 aliphatic rings. The van der Waals surface area contributed by atoms with Crippen molar-refractivity contribution >= 4 is 5.69 Å². The lowest BCUT2D eigenvalue weighted by Gasteiger charge is -2.04. The Bertz CT molecular complexity index is 258. The van der Waals surface area contributed by atoms with Gasteiger partial charge in [0.2, 0.25) is 0 Å². The summed E-state index contributed by atoms with van der Waals surface area (Å²) >= 11 is 0. The van der Waals surface area contributed by atoms with E-state index >= 15 is 0 Å². The van der Waals surface area contributed by atoms with Crippen LogP contribution in [0, 0.1) is 12.7 Å². The van der Waals surface area contributed by atoms with E-state index in [-0.39, 0.29) is 5.82 Å². The van der Waals surface area contributed by atoms with Crippen LogP contribution in [0.1, 0.15) is 18.9 Å². The van der Waals surface area contributed by atoms with E-state index in [0.29, 0.717) is 5.56 Å². The SMILES string of the molecule is CCCNc1ccc(C)c(F)c1. The lowest BCUT2D eigenvalue weighted by Crippen LogP contribution is -1.99. The third-order valence-electron chi connectivity index (χ3n) is 1.75. The number of benzene rings is 1. The summed E-state index contributed by atoms with van der Waals surface area (Å²) in [6, 6.07) is 5.21. The maximum absolute atomic E-state index is 13.0. The van der Waals surface area contributed by atoms with Crippen LogP contribution in [0.2, 0.25) is 0 Å². The molecule has 1 nitrogen and oxygen atoms in total. The van der Waals surface area contributed by atoms with Crippen LogP contribution in [0.4, 0.5) is 10.1 Å². The summed E-state index contributed by atoms with van der Waals surface area (Å²) in [6.45, 7) is 4.74. The summed E-state index contributed by atoms with van der Waals surface area (Å²) in [4.78, 5) is 0. The first-order valence-corrected chi connectivity index (χ1v) is 4.24. The van der Waals surface area contributed by atoms with Gasteiger partial charge in [-0.25, -0.2) is 4.39 Å². The van der Waals surface area contributed by atoms with Crippen LogP contribution in [0.25, 0.3) is 0 Å². The van der Waals surface area contributed by atoms with Gasteiger partial charge in [-0.15, -0.1) is 0 Å². The highest BCUT2D eigenvalue weighted by atomic mass is 19.1. The predicted molar refractivity (Wildman–Crippen MR) is 49.9 cm³/mol. The van der Waals surface area contributed by atoms with Gasteiger partial charge in [0, 0.05) is 12.2 Å². The van der Waals surface area contributed by atoms with Gasteiger partial charge in [0.25, 0.3) is 0 Å². The highest BCUT2D eigenvalue weighted by molar-refractivity contribution is 5.44. The maximum atomic E-state index is 13.0. The molecule has 0 spiro atoms. The van der Waals surface area contributed by atoms with Crippen molar-refractivity contribution in [3.63, 3.8) is 0 Å². The molecular weight excluding hydrogens is 153 g/mol. The summed E-state index contributed by atoms with van der Waals surface area (Å²) < 4.78 is 13.0. The second kappa shape index (κ2) is 4.10. The first kappa shape index (κ1) is 9.04. The van der Waals surface area contributed by atoms with Crippen molar-refractivity contribution < 1.29 is 4.39 Å². The monoisotopic (exact) mass is 167 g/mol. The number of halogens is 1. The number of rotatable bonds is 3. The topological polar surface area (TPSA) is 12.0 Å². The molecule has 0 radical (unpaired) electrons. The van der Waals surface area contributed by atoms with Crippen LogP contribution in [0.3, 0.4) is 0 Å². The highest BCUT2D eigenvalue weighted by Crippen LogP contribution is 2.13. The quantitative estimate of drug-likeness (QED) is 0.729. The van der Waals surface area contributed by atoms with Crippen LogP contribution in [0.15, 0.2) is 18.2 Å². The average Bonchev–Trinajstić information content (AvgIpc) is 2.07. The molecular formula is C10H14FN. The van der Waals surface area contributed by atoms with Crippen LogP contribution in [-0.4, -0.2) is 6.54 Å². The lowest BCUT2D eigenvalue weighted by atomic mass is 10.2. The molecule has 1 aromatic carbocycles. The van der Waals surface area contributed by atoms with Gasteiger partial charge in [0.05, 0.1) is 0 Å². The Kier molecular flexibility index (Phi) is 3.09. The number of nitrogens with one attached hydrogen (secondary N) is 1. The van der Waals surface area contributed by atoms with Gasteiger partial charge >= 0.3 is 0 Å². The van der Waals surface area contributed by atoms with E-state index < -0.39 is 0 Å². The maximum Gasteiger partial charge on any atom is 0.128 e. The summed E-state index contributed by atoms with van der Waals surface area (Å²) in [5.74, 6) is -0.142. The Hall–Kier alpha value is -1.05. The first-order chi connectivity index (χ1) is 5.74. The molecule has 0 heterocycles. The van der Waals surface area contributed by atoms with E-state index in [9.17, 15) is 4.39 Å². The normalized spacial score (nSPS) is 9.92. The van der Waals surface area contributed by atoms with E-state index in [4.69, 9.17) is 0 Å². The van der Waals surface area contributed by atoms with E-state index in [1.165, 1.54) is 6.07 Å². The van der Waals surface area contributed by atoms with Crippen molar-refractivity contribution in [2.75, 3.05) is 11.9 Å². The standard InChI is InChI=1S/C10H14FN/c1-3-6-12-9-5-4-8(2)10(11)7-9/h4-5,7,12H,3,6H2,1-2H3. The van der Waals surface area contributed by atoms with Crippen molar-refractivity contribution in [1.82, 2.24) is 0 Å². The van der Waals surface area contributed by atoms with Gasteiger partial charge in [-0.1, -0.05) is 13.0 Å². The second-order valence-electron chi connectivity index (χ2n) is 2.89. The summed E-state index contributed by atoms with van der Waals surface area (Å²) in [6.07, 6.45) is 1.05. The van der Waals surface area contributed by atoms with Crippen LogP contribution in [-0.2, 0) is 0 Å². The summed E-state index contributed by atoms with van der Waals surface area (Å²) in [5.41, 5.74) is 1.55. The molecule has 12 heavy (non-hydrogen) atoms. The van der Waals surface area contributed by atoms with E-state index in [1.54, 1.807) is 13.0 Å².